The third-order valence-corrected chi connectivity index (χ3v) is 1.73. The molecule has 6 heteroatoms. The van der Waals surface area contributed by atoms with Gasteiger partial charge >= 0.3 is 11.9 Å². The Balaban J connectivity index is 2.79. The summed E-state index contributed by atoms with van der Waals surface area (Å²) in [5.41, 5.74) is -0.0778. The van der Waals surface area contributed by atoms with E-state index in [0.29, 0.717) is 0 Å². The van der Waals surface area contributed by atoms with Crippen molar-refractivity contribution < 1.29 is 24.3 Å². The number of carbonyl (C=O) groups excluding carboxylic acids is 2. The average molecular weight is 201 g/mol. The molecule has 14 heavy (non-hydrogen) atoms. The van der Waals surface area contributed by atoms with E-state index in [9.17, 15) is 14.7 Å². The van der Waals surface area contributed by atoms with Gasteiger partial charge in [-0.3, -0.25) is 9.63 Å². The topological polar surface area (TPSA) is 76.1 Å². The van der Waals surface area contributed by atoms with E-state index in [1.807, 2.05) is 0 Å². The lowest BCUT2D eigenvalue weighted by Gasteiger charge is -2.13. The summed E-state index contributed by atoms with van der Waals surface area (Å²) in [4.78, 5) is 27.1. The van der Waals surface area contributed by atoms with E-state index in [1.165, 1.54) is 7.11 Å². The first-order valence-corrected chi connectivity index (χ1v) is 4.07. The highest BCUT2D eigenvalue weighted by molar-refractivity contribution is 6.04. The van der Waals surface area contributed by atoms with Crippen LogP contribution in [0.1, 0.15) is 6.92 Å². The van der Waals surface area contributed by atoms with E-state index in [0.717, 1.165) is 5.06 Å². The summed E-state index contributed by atoms with van der Waals surface area (Å²) < 4.78 is 4.39. The molecular formula is C8H11NO5. The molecule has 0 saturated carbocycles. The quantitative estimate of drug-likeness (QED) is 0.638. The summed E-state index contributed by atoms with van der Waals surface area (Å²) in [5.74, 6) is -2.05. The first kappa shape index (κ1) is 10.5. The molecular weight excluding hydrogens is 190 g/mol. The fraction of sp³-hybridized carbons (Fsp3) is 0.500. The summed E-state index contributed by atoms with van der Waals surface area (Å²) in [6.45, 7) is 1.90. The summed E-state index contributed by atoms with van der Waals surface area (Å²) >= 11 is 0. The molecule has 78 valence electrons. The Kier molecular flexibility index (Phi) is 3.08. The molecule has 1 aliphatic rings. The highest BCUT2D eigenvalue weighted by atomic mass is 16.7. The van der Waals surface area contributed by atoms with Gasteiger partial charge in [0.05, 0.1) is 20.3 Å². The zero-order valence-electron chi connectivity index (χ0n) is 7.94. The molecule has 0 spiro atoms. The summed E-state index contributed by atoms with van der Waals surface area (Å²) in [5, 5.41) is 10.2. The van der Waals surface area contributed by atoms with E-state index in [1.54, 1.807) is 6.92 Å². The van der Waals surface area contributed by atoms with E-state index >= 15 is 0 Å². The highest BCUT2D eigenvalue weighted by Crippen LogP contribution is 2.18. The van der Waals surface area contributed by atoms with Gasteiger partial charge in [0, 0.05) is 0 Å². The molecule has 1 N–H and O–H groups in total. The molecule has 0 bridgehead atoms. The van der Waals surface area contributed by atoms with Gasteiger partial charge in [-0.2, -0.15) is 0 Å². The van der Waals surface area contributed by atoms with Crippen molar-refractivity contribution in [2.45, 2.75) is 6.92 Å². The second-order valence-corrected chi connectivity index (χ2v) is 2.58. The molecule has 0 saturated heterocycles. The van der Waals surface area contributed by atoms with Gasteiger partial charge in [0.15, 0.2) is 5.76 Å². The smallest absolute Gasteiger partial charge is 0.339 e. The average Bonchev–Trinajstić information content (AvgIpc) is 2.46. The first-order valence-electron chi connectivity index (χ1n) is 4.07. The Morgan fingerprint density at radius 1 is 1.64 bits per heavy atom. The number of amides is 1. The molecule has 1 amide bonds. The van der Waals surface area contributed by atoms with Crippen molar-refractivity contribution >= 4 is 11.9 Å². The van der Waals surface area contributed by atoms with Crippen molar-refractivity contribution in [2.75, 3.05) is 20.3 Å². The summed E-state index contributed by atoms with van der Waals surface area (Å²) in [7, 11) is 1.18. The molecule has 0 aliphatic carbocycles. The highest BCUT2D eigenvalue weighted by Gasteiger charge is 2.35. The predicted molar refractivity (Wildman–Crippen MR) is 45.0 cm³/mol. The largest absolute Gasteiger partial charge is 0.503 e. The molecule has 0 fully saturated rings. The van der Waals surface area contributed by atoms with Crippen LogP contribution in [0, 0.1) is 0 Å². The molecule has 0 aromatic carbocycles. The molecule has 1 aliphatic heterocycles. The molecule has 1 heterocycles. The summed E-state index contributed by atoms with van der Waals surface area (Å²) in [6, 6.07) is 0. The maximum absolute atomic E-state index is 11.2. The fourth-order valence-corrected chi connectivity index (χ4v) is 1.08. The predicted octanol–water partition coefficient (Wildman–Crippen LogP) is -0.235. The van der Waals surface area contributed by atoms with E-state index in [2.05, 4.69) is 4.74 Å². The molecule has 6 nitrogen and oxygen atoms in total. The number of rotatable bonds is 3. The van der Waals surface area contributed by atoms with Crippen LogP contribution < -0.4 is 0 Å². The number of hydrogen-bond acceptors (Lipinski definition) is 5. The van der Waals surface area contributed by atoms with Crippen molar-refractivity contribution in [3.05, 3.63) is 11.3 Å². The SMILES string of the molecule is CCON1CC(C(=O)OC)=C(O)C1=O. The van der Waals surface area contributed by atoms with Gasteiger partial charge in [-0.05, 0) is 6.92 Å². The number of esters is 1. The fourth-order valence-electron chi connectivity index (χ4n) is 1.08. The van der Waals surface area contributed by atoms with Gasteiger partial charge in [0.25, 0.3) is 0 Å². The Morgan fingerprint density at radius 3 is 2.79 bits per heavy atom. The molecule has 0 aromatic rings. The van der Waals surface area contributed by atoms with Crippen molar-refractivity contribution in [1.29, 1.82) is 0 Å². The molecule has 0 aromatic heterocycles. The number of ether oxygens (including phenoxy) is 1. The molecule has 0 radical (unpaired) electrons. The lowest BCUT2D eigenvalue weighted by molar-refractivity contribution is -0.176. The zero-order chi connectivity index (χ0) is 10.7. The number of nitrogens with zero attached hydrogens (tertiary/aromatic N) is 1. The van der Waals surface area contributed by atoms with E-state index < -0.39 is 17.6 Å². The number of hydroxylamine groups is 2. The Hall–Kier alpha value is -1.56. The maximum atomic E-state index is 11.2. The Morgan fingerprint density at radius 2 is 2.29 bits per heavy atom. The second-order valence-electron chi connectivity index (χ2n) is 2.58. The maximum Gasteiger partial charge on any atom is 0.339 e. The standard InChI is InChI=1S/C8H11NO5/c1-3-14-9-4-5(8(12)13-2)6(10)7(9)11/h10H,3-4H2,1-2H3. The van der Waals surface area contributed by atoms with Gasteiger partial charge in [0.2, 0.25) is 0 Å². The van der Waals surface area contributed by atoms with Crippen LogP contribution in [-0.2, 0) is 19.2 Å². The van der Waals surface area contributed by atoms with Crippen LogP contribution in [-0.4, -0.2) is 42.3 Å². The normalized spacial score (nSPS) is 16.4. The third kappa shape index (κ3) is 1.69. The van der Waals surface area contributed by atoms with Crippen molar-refractivity contribution in [2.24, 2.45) is 0 Å². The van der Waals surface area contributed by atoms with Gasteiger partial charge in [-0.25, -0.2) is 9.86 Å². The molecule has 1 rings (SSSR count). The minimum absolute atomic E-state index is 0.0778. The Labute approximate surface area is 80.7 Å². The van der Waals surface area contributed by atoms with Crippen LogP contribution in [0.5, 0.6) is 0 Å². The van der Waals surface area contributed by atoms with E-state index in [4.69, 9.17) is 4.84 Å². The first-order chi connectivity index (χ1) is 6.61. The number of methoxy groups -OCH3 is 1. The van der Waals surface area contributed by atoms with Gasteiger partial charge < -0.3 is 9.84 Å². The van der Waals surface area contributed by atoms with Crippen molar-refractivity contribution in [3.8, 4) is 0 Å². The van der Waals surface area contributed by atoms with Gasteiger partial charge in [0.1, 0.15) is 5.57 Å². The van der Waals surface area contributed by atoms with Crippen LogP contribution >= 0.6 is 0 Å². The van der Waals surface area contributed by atoms with Crippen molar-refractivity contribution in [1.82, 2.24) is 5.06 Å². The monoisotopic (exact) mass is 201 g/mol. The van der Waals surface area contributed by atoms with E-state index in [-0.39, 0.29) is 18.7 Å². The lowest BCUT2D eigenvalue weighted by atomic mass is 10.3. The van der Waals surface area contributed by atoms with Crippen molar-refractivity contribution in [3.63, 3.8) is 0 Å². The van der Waals surface area contributed by atoms with Crippen LogP contribution in [0.4, 0.5) is 0 Å². The molecule has 0 unspecified atom stereocenters. The minimum atomic E-state index is -0.724. The summed E-state index contributed by atoms with van der Waals surface area (Å²) in [6.07, 6.45) is 0. The Bertz CT molecular complexity index is 296. The van der Waals surface area contributed by atoms with Crippen LogP contribution in [0.3, 0.4) is 0 Å². The number of aliphatic hydroxyl groups excluding tert-OH is 1. The van der Waals surface area contributed by atoms with Gasteiger partial charge in [-0.1, -0.05) is 0 Å². The van der Waals surface area contributed by atoms with Crippen LogP contribution in [0.2, 0.25) is 0 Å². The number of hydrogen-bond donors (Lipinski definition) is 1. The van der Waals surface area contributed by atoms with Crippen LogP contribution in [0.25, 0.3) is 0 Å². The number of carbonyl (C=O) groups is 2. The van der Waals surface area contributed by atoms with Gasteiger partial charge in [-0.15, -0.1) is 0 Å². The minimum Gasteiger partial charge on any atom is -0.503 e. The number of aliphatic hydroxyl groups is 1. The lowest BCUT2D eigenvalue weighted by Crippen LogP contribution is -2.28. The zero-order valence-corrected chi connectivity index (χ0v) is 7.94. The third-order valence-electron chi connectivity index (χ3n) is 1.73. The van der Waals surface area contributed by atoms with Crippen LogP contribution in [0.15, 0.2) is 11.3 Å². The second kappa shape index (κ2) is 4.10. The molecule has 0 atom stereocenters.